The Labute approximate surface area is 148 Å². The lowest BCUT2D eigenvalue weighted by Gasteiger charge is -2.04. The summed E-state index contributed by atoms with van der Waals surface area (Å²) in [4.78, 5) is 0. The van der Waals surface area contributed by atoms with E-state index in [0.29, 0.717) is 23.3 Å². The predicted molar refractivity (Wildman–Crippen MR) is 107 cm³/mol. The van der Waals surface area contributed by atoms with Gasteiger partial charge in [-0.05, 0) is 35.6 Å². The zero-order chi connectivity index (χ0) is 16.4. The molecule has 0 bridgehead atoms. The van der Waals surface area contributed by atoms with Gasteiger partial charge in [0.25, 0.3) is 0 Å². The maximum atomic E-state index is 5.54. The Morgan fingerprint density at radius 2 is 1.26 bits per heavy atom. The van der Waals surface area contributed by atoms with E-state index in [1.807, 2.05) is 0 Å². The van der Waals surface area contributed by atoms with Crippen LogP contribution in [0.2, 0.25) is 0 Å². The van der Waals surface area contributed by atoms with Crippen LogP contribution in [0.15, 0.2) is 36.4 Å². The van der Waals surface area contributed by atoms with Crippen LogP contribution in [0.3, 0.4) is 0 Å². The summed E-state index contributed by atoms with van der Waals surface area (Å²) in [7, 11) is 0. The molecular weight excluding hydrogens is 344 g/mol. The van der Waals surface area contributed by atoms with Crippen LogP contribution in [0.4, 0.5) is 0 Å². The fraction of sp³-hybridized carbons (Fsp3) is 0.125. The maximum absolute atomic E-state index is 5.54. The monoisotopic (exact) mass is 360 g/mol. The van der Waals surface area contributed by atoms with Gasteiger partial charge in [-0.2, -0.15) is 0 Å². The smallest absolute Gasteiger partial charge is 0.163 e. The Hall–Kier alpha value is -1.96. The van der Waals surface area contributed by atoms with Crippen LogP contribution in [0, 0.1) is 0 Å². The molecule has 0 saturated carbocycles. The number of hydrogen-bond donors (Lipinski definition) is 4. The molecule has 6 N–H and O–H groups in total. The van der Waals surface area contributed by atoms with E-state index < -0.39 is 0 Å². The molecule has 0 aliphatic rings. The average Bonchev–Trinajstić information content (AvgIpc) is 2.90. The lowest BCUT2D eigenvalue weighted by atomic mass is 10.1. The highest BCUT2D eigenvalue weighted by Gasteiger charge is 2.11. The highest BCUT2D eigenvalue weighted by Crippen LogP contribution is 2.37. The molecule has 0 saturated heterocycles. The molecule has 3 rings (SSSR count). The number of nitrogens with one attached hydrogen (secondary N) is 2. The minimum atomic E-state index is 0.310. The number of hydrogen-bond acceptors (Lipinski definition) is 3. The molecule has 0 radical (unpaired) electrons. The number of rotatable bonds is 4. The standard InChI is InChI=1S/C16H16N4S3/c17-15(21)19-7-9-3-1-5-11-12-6-2-4-10(8-20-16(18)22)14(12)23-13(9)11/h1-6H,7-8H2,(H3,17,19,21)(H3,18,20,22). The summed E-state index contributed by atoms with van der Waals surface area (Å²) in [5.74, 6) is 0. The van der Waals surface area contributed by atoms with Crippen LogP contribution in [0.1, 0.15) is 11.1 Å². The van der Waals surface area contributed by atoms with Gasteiger partial charge in [0.15, 0.2) is 10.2 Å². The van der Waals surface area contributed by atoms with Crippen molar-refractivity contribution >= 4 is 66.2 Å². The van der Waals surface area contributed by atoms with Crippen LogP contribution in [0.5, 0.6) is 0 Å². The van der Waals surface area contributed by atoms with Crippen molar-refractivity contribution in [3.63, 3.8) is 0 Å². The topological polar surface area (TPSA) is 76.1 Å². The van der Waals surface area contributed by atoms with Crippen LogP contribution in [0.25, 0.3) is 20.2 Å². The average molecular weight is 361 g/mol. The van der Waals surface area contributed by atoms with Gasteiger partial charge < -0.3 is 22.1 Å². The highest BCUT2D eigenvalue weighted by atomic mass is 32.1. The predicted octanol–water partition coefficient (Wildman–Crippen LogP) is 2.72. The van der Waals surface area contributed by atoms with Gasteiger partial charge in [0.05, 0.1) is 0 Å². The molecule has 0 amide bonds. The molecule has 1 heterocycles. The molecule has 4 nitrogen and oxygen atoms in total. The van der Waals surface area contributed by atoms with Crippen molar-refractivity contribution < 1.29 is 0 Å². The summed E-state index contributed by atoms with van der Waals surface area (Å²) >= 11 is 11.6. The van der Waals surface area contributed by atoms with E-state index in [4.69, 9.17) is 35.9 Å². The summed E-state index contributed by atoms with van der Waals surface area (Å²) in [6, 6.07) is 12.6. The Morgan fingerprint density at radius 3 is 1.65 bits per heavy atom. The quantitative estimate of drug-likeness (QED) is 0.536. The molecule has 7 heteroatoms. The second-order valence-electron chi connectivity index (χ2n) is 5.13. The summed E-state index contributed by atoms with van der Waals surface area (Å²) < 4.78 is 2.49. The van der Waals surface area contributed by atoms with Gasteiger partial charge in [-0.15, -0.1) is 11.3 Å². The number of fused-ring (bicyclic) bond motifs is 3. The molecule has 0 fully saturated rings. The van der Waals surface area contributed by atoms with Crippen molar-refractivity contribution in [2.24, 2.45) is 11.5 Å². The summed E-state index contributed by atoms with van der Waals surface area (Å²) in [6.45, 7) is 1.25. The number of thiophene rings is 1. The van der Waals surface area contributed by atoms with Crippen molar-refractivity contribution in [2.45, 2.75) is 13.1 Å². The first-order chi connectivity index (χ1) is 11.1. The van der Waals surface area contributed by atoms with Gasteiger partial charge >= 0.3 is 0 Å². The molecule has 3 aromatic rings. The summed E-state index contributed by atoms with van der Waals surface area (Å²) in [5, 5.41) is 9.15. The van der Waals surface area contributed by atoms with E-state index in [0.717, 1.165) is 0 Å². The third kappa shape index (κ3) is 3.36. The summed E-state index contributed by atoms with van der Waals surface area (Å²) in [5.41, 5.74) is 13.5. The Balaban J connectivity index is 2.09. The maximum Gasteiger partial charge on any atom is 0.163 e. The minimum Gasteiger partial charge on any atom is -0.376 e. The molecule has 0 aliphatic heterocycles. The number of thiocarbonyl (C=S) groups is 2. The first kappa shape index (κ1) is 15.9. The molecule has 0 aliphatic carbocycles. The van der Waals surface area contributed by atoms with Gasteiger partial charge in [0.1, 0.15) is 0 Å². The van der Waals surface area contributed by atoms with Crippen LogP contribution >= 0.6 is 35.8 Å². The molecule has 0 unspecified atom stereocenters. The van der Waals surface area contributed by atoms with E-state index in [1.54, 1.807) is 11.3 Å². The molecule has 0 spiro atoms. The van der Waals surface area contributed by atoms with E-state index >= 15 is 0 Å². The van der Waals surface area contributed by atoms with E-state index in [-0.39, 0.29) is 0 Å². The third-order valence-corrected chi connectivity index (χ3v) is 5.25. The first-order valence-electron chi connectivity index (χ1n) is 7.05. The van der Waals surface area contributed by atoms with E-state index in [1.165, 1.54) is 31.3 Å². The first-order valence-corrected chi connectivity index (χ1v) is 8.68. The fourth-order valence-corrected chi connectivity index (χ4v) is 4.05. The molecular formula is C16H16N4S3. The number of nitrogens with two attached hydrogens (primary N) is 2. The SMILES string of the molecule is NC(=S)NCc1cccc2c1sc1c(CNC(N)=S)cccc12. The van der Waals surface area contributed by atoms with Crippen molar-refractivity contribution in [1.29, 1.82) is 0 Å². The van der Waals surface area contributed by atoms with Crippen molar-refractivity contribution in [1.82, 2.24) is 10.6 Å². The second-order valence-corrected chi connectivity index (χ2v) is 7.03. The van der Waals surface area contributed by atoms with E-state index in [2.05, 4.69) is 47.0 Å². The number of benzene rings is 2. The normalized spacial score (nSPS) is 10.8. The molecule has 0 atom stereocenters. The Kier molecular flexibility index (Phi) is 4.61. The van der Waals surface area contributed by atoms with Crippen LogP contribution in [-0.4, -0.2) is 10.2 Å². The second kappa shape index (κ2) is 6.66. The van der Waals surface area contributed by atoms with Crippen molar-refractivity contribution in [3.8, 4) is 0 Å². The zero-order valence-electron chi connectivity index (χ0n) is 12.3. The molecule has 23 heavy (non-hydrogen) atoms. The van der Waals surface area contributed by atoms with Gasteiger partial charge in [0, 0.05) is 33.3 Å². The summed E-state index contributed by atoms with van der Waals surface area (Å²) in [6.07, 6.45) is 0. The van der Waals surface area contributed by atoms with Gasteiger partial charge in [0.2, 0.25) is 0 Å². The largest absolute Gasteiger partial charge is 0.376 e. The molecule has 1 aromatic heterocycles. The van der Waals surface area contributed by atoms with Crippen LogP contribution < -0.4 is 22.1 Å². The van der Waals surface area contributed by atoms with Crippen LogP contribution in [-0.2, 0) is 13.1 Å². The lowest BCUT2D eigenvalue weighted by molar-refractivity contribution is 0.930. The zero-order valence-corrected chi connectivity index (χ0v) is 14.7. The van der Waals surface area contributed by atoms with Gasteiger partial charge in [-0.25, -0.2) is 0 Å². The van der Waals surface area contributed by atoms with Crippen molar-refractivity contribution in [2.75, 3.05) is 0 Å². The fourth-order valence-electron chi connectivity index (χ4n) is 2.58. The molecule has 2 aromatic carbocycles. The Morgan fingerprint density at radius 1 is 0.826 bits per heavy atom. The minimum absolute atomic E-state index is 0.310. The van der Waals surface area contributed by atoms with Gasteiger partial charge in [-0.1, -0.05) is 36.4 Å². The van der Waals surface area contributed by atoms with Crippen molar-refractivity contribution in [3.05, 3.63) is 47.5 Å². The third-order valence-electron chi connectivity index (χ3n) is 3.59. The van der Waals surface area contributed by atoms with E-state index in [9.17, 15) is 0 Å². The lowest BCUT2D eigenvalue weighted by Crippen LogP contribution is -2.28. The van der Waals surface area contributed by atoms with Gasteiger partial charge in [-0.3, -0.25) is 0 Å². The Bertz CT molecular complexity index is 829. The highest BCUT2D eigenvalue weighted by molar-refractivity contribution is 7.80. The molecule has 118 valence electrons.